The van der Waals surface area contributed by atoms with E-state index in [1.165, 1.54) is 0 Å². The minimum atomic E-state index is -0.280. The number of aliphatic hydroxyl groups is 1. The zero-order valence-corrected chi connectivity index (χ0v) is 11.7. The topological polar surface area (TPSA) is 41.3 Å². The first-order chi connectivity index (χ1) is 8.36. The predicted molar refractivity (Wildman–Crippen MR) is 75.0 cm³/mol. The van der Waals surface area contributed by atoms with Crippen molar-refractivity contribution >= 4 is 16.7 Å². The quantitative estimate of drug-likeness (QED) is 0.903. The highest BCUT2D eigenvalue weighted by Gasteiger charge is 2.23. The molecule has 0 saturated carbocycles. The van der Waals surface area contributed by atoms with Gasteiger partial charge < -0.3 is 14.6 Å². The maximum atomic E-state index is 9.43. The van der Waals surface area contributed by atoms with Crippen molar-refractivity contribution in [3.63, 3.8) is 0 Å². The number of imidazole rings is 1. The summed E-state index contributed by atoms with van der Waals surface area (Å²) in [6.07, 6.45) is 0. The van der Waals surface area contributed by atoms with Crippen LogP contribution in [0.1, 0.15) is 19.7 Å². The van der Waals surface area contributed by atoms with Crippen LogP contribution in [0, 0.1) is 6.92 Å². The molecule has 0 spiro atoms. The first kappa shape index (κ1) is 12.9. The zero-order valence-electron chi connectivity index (χ0n) is 11.7. The van der Waals surface area contributed by atoms with Crippen LogP contribution in [0.2, 0.25) is 0 Å². The van der Waals surface area contributed by atoms with Crippen LogP contribution in [-0.2, 0) is 7.05 Å². The molecule has 0 bridgehead atoms. The Morgan fingerprint density at radius 3 is 2.67 bits per heavy atom. The molecule has 1 aromatic heterocycles. The molecule has 4 heteroatoms. The number of hydrogen-bond donors (Lipinski definition) is 1. The summed E-state index contributed by atoms with van der Waals surface area (Å²) in [4.78, 5) is 6.62. The van der Waals surface area contributed by atoms with Gasteiger partial charge in [-0.25, -0.2) is 4.98 Å². The average molecular weight is 247 g/mol. The summed E-state index contributed by atoms with van der Waals surface area (Å²) < 4.78 is 2.08. The number of rotatable bonds is 3. The molecule has 18 heavy (non-hydrogen) atoms. The van der Waals surface area contributed by atoms with E-state index in [1.807, 2.05) is 34.9 Å². The molecule has 0 aliphatic rings. The Bertz CT molecular complexity index is 572. The molecule has 0 amide bonds. The molecule has 0 unspecified atom stereocenters. The molecule has 2 rings (SSSR count). The van der Waals surface area contributed by atoms with Gasteiger partial charge in [-0.3, -0.25) is 0 Å². The van der Waals surface area contributed by atoms with Crippen molar-refractivity contribution < 1.29 is 5.11 Å². The number of anilines is 1. The third-order valence-corrected chi connectivity index (χ3v) is 3.77. The number of aromatic nitrogens is 2. The molecule has 0 fully saturated rings. The van der Waals surface area contributed by atoms with Crippen molar-refractivity contribution in [2.24, 2.45) is 7.05 Å². The van der Waals surface area contributed by atoms with Gasteiger partial charge >= 0.3 is 0 Å². The van der Waals surface area contributed by atoms with Gasteiger partial charge in [-0.2, -0.15) is 0 Å². The highest BCUT2D eigenvalue weighted by Crippen LogP contribution is 2.26. The van der Waals surface area contributed by atoms with Crippen LogP contribution in [0.25, 0.3) is 11.0 Å². The average Bonchev–Trinajstić information content (AvgIpc) is 2.63. The van der Waals surface area contributed by atoms with E-state index in [-0.39, 0.29) is 12.1 Å². The van der Waals surface area contributed by atoms with Crippen molar-refractivity contribution in [3.8, 4) is 0 Å². The Labute approximate surface area is 108 Å². The van der Waals surface area contributed by atoms with Gasteiger partial charge in [-0.05, 0) is 39.0 Å². The van der Waals surface area contributed by atoms with Crippen LogP contribution in [0.3, 0.4) is 0 Å². The van der Waals surface area contributed by atoms with Gasteiger partial charge in [-0.1, -0.05) is 0 Å². The smallest absolute Gasteiger partial charge is 0.106 e. The summed E-state index contributed by atoms with van der Waals surface area (Å²) in [6, 6.07) is 6.22. The van der Waals surface area contributed by atoms with Crippen molar-refractivity contribution in [3.05, 3.63) is 24.0 Å². The van der Waals surface area contributed by atoms with E-state index >= 15 is 0 Å². The molecule has 98 valence electrons. The first-order valence-corrected chi connectivity index (χ1v) is 6.14. The van der Waals surface area contributed by atoms with Gasteiger partial charge in [0.05, 0.1) is 23.2 Å². The third kappa shape index (κ3) is 1.97. The minimum absolute atomic E-state index is 0.114. The molecule has 1 heterocycles. The van der Waals surface area contributed by atoms with Crippen LogP contribution >= 0.6 is 0 Å². The minimum Gasteiger partial charge on any atom is -0.394 e. The van der Waals surface area contributed by atoms with Crippen LogP contribution in [0.15, 0.2) is 18.2 Å². The van der Waals surface area contributed by atoms with E-state index in [2.05, 4.69) is 32.7 Å². The highest BCUT2D eigenvalue weighted by molar-refractivity contribution is 5.80. The summed E-state index contributed by atoms with van der Waals surface area (Å²) in [7, 11) is 4.01. The number of aliphatic hydroxyl groups excluding tert-OH is 1. The Hall–Kier alpha value is -1.55. The molecular formula is C14H21N3O. The van der Waals surface area contributed by atoms with Gasteiger partial charge in [0.25, 0.3) is 0 Å². The monoisotopic (exact) mass is 247 g/mol. The van der Waals surface area contributed by atoms with E-state index in [0.717, 1.165) is 22.5 Å². The number of benzene rings is 1. The largest absolute Gasteiger partial charge is 0.394 e. The van der Waals surface area contributed by atoms with Gasteiger partial charge in [-0.15, -0.1) is 0 Å². The fourth-order valence-corrected chi connectivity index (χ4v) is 1.97. The zero-order chi connectivity index (χ0) is 13.5. The van der Waals surface area contributed by atoms with Crippen LogP contribution in [-0.4, -0.2) is 33.9 Å². The normalized spacial score (nSPS) is 12.1. The Balaban J connectivity index is 2.48. The summed E-state index contributed by atoms with van der Waals surface area (Å²) in [6.45, 7) is 6.14. The fraction of sp³-hybridized carbons (Fsp3) is 0.500. The predicted octanol–water partition coefficient (Wildman–Crippen LogP) is 2.09. The Kier molecular flexibility index (Phi) is 3.07. The Morgan fingerprint density at radius 1 is 1.39 bits per heavy atom. The van der Waals surface area contributed by atoms with E-state index in [9.17, 15) is 5.11 Å². The van der Waals surface area contributed by atoms with Gasteiger partial charge in [0.15, 0.2) is 0 Å². The SMILES string of the molecule is Cc1nc2cc(N(C)C(C)(C)CO)ccc2n1C. The van der Waals surface area contributed by atoms with Crippen molar-refractivity contribution in [2.75, 3.05) is 18.6 Å². The molecule has 4 nitrogen and oxygen atoms in total. The fourth-order valence-electron chi connectivity index (χ4n) is 1.97. The van der Waals surface area contributed by atoms with Crippen molar-refractivity contribution in [2.45, 2.75) is 26.3 Å². The lowest BCUT2D eigenvalue weighted by Gasteiger charge is -2.35. The van der Waals surface area contributed by atoms with Crippen LogP contribution < -0.4 is 4.90 Å². The lowest BCUT2D eigenvalue weighted by Crippen LogP contribution is -2.44. The third-order valence-electron chi connectivity index (χ3n) is 3.77. The summed E-state index contributed by atoms with van der Waals surface area (Å²) in [5, 5.41) is 9.43. The summed E-state index contributed by atoms with van der Waals surface area (Å²) in [5.41, 5.74) is 2.91. The van der Waals surface area contributed by atoms with E-state index in [1.54, 1.807) is 0 Å². The second-order valence-electron chi connectivity index (χ2n) is 5.42. The molecule has 0 saturated heterocycles. The molecular weight excluding hydrogens is 226 g/mol. The van der Waals surface area contributed by atoms with E-state index < -0.39 is 0 Å². The highest BCUT2D eigenvalue weighted by atomic mass is 16.3. The molecule has 0 aliphatic carbocycles. The molecule has 1 aromatic carbocycles. The summed E-state index contributed by atoms with van der Waals surface area (Å²) >= 11 is 0. The lowest BCUT2D eigenvalue weighted by molar-refractivity contribution is 0.216. The standard InChI is InChI=1S/C14H21N3O/c1-10-15-12-8-11(6-7-13(12)16(10)4)17(5)14(2,3)9-18/h6-8,18H,9H2,1-5H3. The number of nitrogens with zero attached hydrogens (tertiary/aromatic N) is 3. The molecule has 0 aliphatic heterocycles. The Morgan fingerprint density at radius 2 is 2.06 bits per heavy atom. The number of hydrogen-bond acceptors (Lipinski definition) is 3. The summed E-state index contributed by atoms with van der Waals surface area (Å²) in [5.74, 6) is 1.01. The second-order valence-corrected chi connectivity index (χ2v) is 5.42. The maximum absolute atomic E-state index is 9.43. The molecule has 1 N–H and O–H groups in total. The van der Waals surface area contributed by atoms with E-state index in [0.29, 0.717) is 0 Å². The van der Waals surface area contributed by atoms with Crippen molar-refractivity contribution in [1.82, 2.24) is 9.55 Å². The molecule has 0 atom stereocenters. The van der Waals surface area contributed by atoms with Crippen LogP contribution in [0.5, 0.6) is 0 Å². The second kappa shape index (κ2) is 4.28. The number of aryl methyl sites for hydroxylation is 2. The first-order valence-electron chi connectivity index (χ1n) is 6.14. The van der Waals surface area contributed by atoms with Crippen molar-refractivity contribution in [1.29, 1.82) is 0 Å². The van der Waals surface area contributed by atoms with Gasteiger partial charge in [0.2, 0.25) is 0 Å². The molecule has 0 radical (unpaired) electrons. The molecule has 2 aromatic rings. The number of fused-ring (bicyclic) bond motifs is 1. The lowest BCUT2D eigenvalue weighted by atomic mass is 10.0. The van der Waals surface area contributed by atoms with Gasteiger partial charge in [0.1, 0.15) is 5.82 Å². The van der Waals surface area contributed by atoms with Crippen LogP contribution in [0.4, 0.5) is 5.69 Å². The van der Waals surface area contributed by atoms with Gasteiger partial charge in [0, 0.05) is 19.8 Å². The van der Waals surface area contributed by atoms with E-state index in [4.69, 9.17) is 0 Å². The maximum Gasteiger partial charge on any atom is 0.106 e. The number of likely N-dealkylation sites (N-methyl/N-ethyl adjacent to an activating group) is 1.